The Hall–Kier alpha value is -3.30. The molecule has 0 saturated heterocycles. The number of nitrogens with one attached hydrogen (secondary N) is 1. The minimum Gasteiger partial charge on any atom is -0.426 e. The molecule has 0 bridgehead atoms. The lowest BCUT2D eigenvalue weighted by atomic mass is 10.3. The van der Waals surface area contributed by atoms with Crippen LogP contribution in [0.2, 0.25) is 0 Å². The molecule has 1 N–H and O–H groups in total. The predicted octanol–water partition coefficient (Wildman–Crippen LogP) is 2.13. The maximum atomic E-state index is 10.9. The third-order valence-electron chi connectivity index (χ3n) is 2.42. The van der Waals surface area contributed by atoms with Crippen molar-refractivity contribution in [2.24, 2.45) is 0 Å². The molecule has 0 saturated carbocycles. The minimum atomic E-state index is -0.733. The molecule has 10 nitrogen and oxygen atoms in total. The van der Waals surface area contributed by atoms with Gasteiger partial charge in [-0.15, -0.1) is 0 Å². The van der Waals surface area contributed by atoms with Gasteiger partial charge in [-0.1, -0.05) is 12.1 Å². The van der Waals surface area contributed by atoms with Crippen molar-refractivity contribution in [1.29, 1.82) is 0 Å². The van der Waals surface area contributed by atoms with Gasteiger partial charge in [0.25, 0.3) is 0 Å². The van der Waals surface area contributed by atoms with Crippen LogP contribution in [-0.4, -0.2) is 26.9 Å². The number of ether oxygens (including phenoxy) is 1. The molecule has 0 aliphatic carbocycles. The van der Waals surface area contributed by atoms with Crippen LogP contribution in [0.25, 0.3) is 0 Å². The van der Waals surface area contributed by atoms with Crippen molar-refractivity contribution >= 4 is 17.3 Å². The van der Waals surface area contributed by atoms with Crippen LogP contribution < -0.4 is 10.1 Å². The lowest BCUT2D eigenvalue weighted by Gasteiger charge is -2.06. The molecule has 0 spiro atoms. The Bertz CT molecular complexity index is 705. The van der Waals surface area contributed by atoms with E-state index in [2.05, 4.69) is 15.3 Å². The Morgan fingerprint density at radius 1 is 1.14 bits per heavy atom. The van der Waals surface area contributed by atoms with Crippen molar-refractivity contribution in [2.75, 3.05) is 12.4 Å². The van der Waals surface area contributed by atoms with Crippen LogP contribution in [0.1, 0.15) is 0 Å². The topological polar surface area (TPSA) is 133 Å². The van der Waals surface area contributed by atoms with Crippen LogP contribution >= 0.6 is 0 Å². The molecule has 10 heteroatoms. The van der Waals surface area contributed by atoms with E-state index in [1.165, 1.54) is 31.3 Å². The van der Waals surface area contributed by atoms with Gasteiger partial charge in [-0.3, -0.25) is 20.2 Å². The van der Waals surface area contributed by atoms with Gasteiger partial charge in [0.05, 0.1) is 9.85 Å². The van der Waals surface area contributed by atoms with E-state index in [4.69, 9.17) is 4.74 Å². The highest BCUT2D eigenvalue weighted by Gasteiger charge is 2.23. The molecule has 1 aromatic heterocycles. The molecule has 1 aromatic carbocycles. The fourth-order valence-corrected chi connectivity index (χ4v) is 1.48. The molecule has 0 aliphatic heterocycles. The summed E-state index contributed by atoms with van der Waals surface area (Å²) in [5.41, 5.74) is -0.816. The summed E-state index contributed by atoms with van der Waals surface area (Å²) in [6, 6.07) is 5.51. The van der Waals surface area contributed by atoms with E-state index in [1.54, 1.807) is 0 Å². The van der Waals surface area contributed by atoms with Crippen LogP contribution in [0.3, 0.4) is 0 Å². The number of hydrogen-bond donors (Lipinski definition) is 1. The number of anilines is 1. The molecule has 0 unspecified atom stereocenters. The number of para-hydroxylation sites is 2. The largest absolute Gasteiger partial charge is 0.426 e. The SMILES string of the molecule is CNc1ncc([N+](=O)[O-])c(Oc2ccccc2[N+](=O)[O-])n1. The van der Waals surface area contributed by atoms with Gasteiger partial charge in [-0.05, 0) is 6.07 Å². The van der Waals surface area contributed by atoms with Gasteiger partial charge in [-0.25, -0.2) is 4.98 Å². The first-order chi connectivity index (χ1) is 10.0. The number of nitro groups is 2. The van der Waals surface area contributed by atoms with Crippen molar-refractivity contribution in [3.63, 3.8) is 0 Å². The average Bonchev–Trinajstić information content (AvgIpc) is 2.47. The van der Waals surface area contributed by atoms with Gasteiger partial charge in [0, 0.05) is 13.1 Å². The summed E-state index contributed by atoms with van der Waals surface area (Å²) in [7, 11) is 1.52. The fraction of sp³-hybridized carbons (Fsp3) is 0.0909. The average molecular weight is 291 g/mol. The molecule has 2 aromatic rings. The van der Waals surface area contributed by atoms with Gasteiger partial charge in [0.2, 0.25) is 11.7 Å². The van der Waals surface area contributed by atoms with Crippen molar-refractivity contribution in [1.82, 2.24) is 9.97 Å². The predicted molar refractivity (Wildman–Crippen MR) is 71.4 cm³/mol. The summed E-state index contributed by atoms with van der Waals surface area (Å²) in [6.45, 7) is 0. The Morgan fingerprint density at radius 3 is 2.43 bits per heavy atom. The number of nitro benzene ring substituents is 1. The van der Waals surface area contributed by atoms with Gasteiger partial charge in [0.1, 0.15) is 6.20 Å². The Morgan fingerprint density at radius 2 is 1.81 bits per heavy atom. The molecule has 2 rings (SSSR count). The minimum absolute atomic E-state index is 0.0918. The zero-order valence-corrected chi connectivity index (χ0v) is 10.7. The van der Waals surface area contributed by atoms with E-state index in [0.717, 1.165) is 6.20 Å². The highest BCUT2D eigenvalue weighted by atomic mass is 16.6. The number of rotatable bonds is 5. The zero-order chi connectivity index (χ0) is 15.4. The van der Waals surface area contributed by atoms with Crippen LogP contribution in [0.15, 0.2) is 30.5 Å². The van der Waals surface area contributed by atoms with E-state index in [1.807, 2.05) is 0 Å². The molecule has 0 fully saturated rings. The summed E-state index contributed by atoms with van der Waals surface area (Å²) in [4.78, 5) is 27.9. The highest BCUT2D eigenvalue weighted by molar-refractivity contribution is 5.51. The number of hydrogen-bond acceptors (Lipinski definition) is 8. The number of benzene rings is 1. The Labute approximate surface area is 117 Å². The van der Waals surface area contributed by atoms with E-state index in [-0.39, 0.29) is 23.3 Å². The lowest BCUT2D eigenvalue weighted by molar-refractivity contribution is -0.387. The second-order valence-corrected chi connectivity index (χ2v) is 3.72. The molecule has 0 aliphatic rings. The van der Waals surface area contributed by atoms with E-state index < -0.39 is 15.5 Å². The summed E-state index contributed by atoms with van der Waals surface area (Å²) in [5, 5.41) is 24.4. The molecular formula is C11H9N5O5. The first-order valence-corrected chi connectivity index (χ1v) is 5.63. The second-order valence-electron chi connectivity index (χ2n) is 3.72. The highest BCUT2D eigenvalue weighted by Crippen LogP contribution is 2.34. The normalized spacial score (nSPS) is 9.95. The monoisotopic (exact) mass is 291 g/mol. The molecule has 0 radical (unpaired) electrons. The quantitative estimate of drug-likeness (QED) is 0.654. The summed E-state index contributed by atoms with van der Waals surface area (Å²) < 4.78 is 5.23. The molecule has 1 heterocycles. The van der Waals surface area contributed by atoms with Crippen molar-refractivity contribution in [2.45, 2.75) is 0 Å². The van der Waals surface area contributed by atoms with E-state index in [0.29, 0.717) is 0 Å². The standard InChI is InChI=1S/C11H9N5O5/c1-12-11-13-6-8(16(19)20)10(14-11)21-9-5-3-2-4-7(9)15(17)18/h2-6H,1H3,(H,12,13,14). The molecule has 0 amide bonds. The summed E-state index contributed by atoms with van der Waals surface area (Å²) >= 11 is 0. The van der Waals surface area contributed by atoms with Crippen molar-refractivity contribution < 1.29 is 14.6 Å². The van der Waals surface area contributed by atoms with Gasteiger partial charge < -0.3 is 10.1 Å². The third-order valence-corrected chi connectivity index (χ3v) is 2.42. The number of nitrogens with zero attached hydrogens (tertiary/aromatic N) is 4. The van der Waals surface area contributed by atoms with E-state index >= 15 is 0 Å². The first-order valence-electron chi connectivity index (χ1n) is 5.63. The van der Waals surface area contributed by atoms with E-state index in [9.17, 15) is 20.2 Å². The van der Waals surface area contributed by atoms with Crippen LogP contribution in [0.4, 0.5) is 17.3 Å². The van der Waals surface area contributed by atoms with Crippen LogP contribution in [0, 0.1) is 20.2 Å². The number of aromatic nitrogens is 2. The van der Waals surface area contributed by atoms with Crippen LogP contribution in [0.5, 0.6) is 11.6 Å². The molecule has 108 valence electrons. The molecule has 21 heavy (non-hydrogen) atoms. The van der Waals surface area contributed by atoms with Crippen molar-refractivity contribution in [3.05, 3.63) is 50.7 Å². The summed E-state index contributed by atoms with van der Waals surface area (Å²) in [5.74, 6) is -0.436. The van der Waals surface area contributed by atoms with Crippen molar-refractivity contribution in [3.8, 4) is 11.6 Å². The zero-order valence-electron chi connectivity index (χ0n) is 10.7. The smallest absolute Gasteiger partial charge is 0.349 e. The molecule has 0 atom stereocenters. The first kappa shape index (κ1) is 14.1. The third kappa shape index (κ3) is 3.00. The second kappa shape index (κ2) is 5.77. The Kier molecular flexibility index (Phi) is 3.88. The maximum Gasteiger partial charge on any atom is 0.349 e. The summed E-state index contributed by atoms with van der Waals surface area (Å²) in [6.07, 6.45) is 0.961. The maximum absolute atomic E-state index is 10.9. The van der Waals surface area contributed by atoms with Gasteiger partial charge in [-0.2, -0.15) is 4.98 Å². The van der Waals surface area contributed by atoms with Gasteiger partial charge in [0.15, 0.2) is 0 Å². The fourth-order valence-electron chi connectivity index (χ4n) is 1.48. The van der Waals surface area contributed by atoms with Crippen LogP contribution in [-0.2, 0) is 0 Å². The Balaban J connectivity index is 2.48. The lowest BCUT2D eigenvalue weighted by Crippen LogP contribution is -2.02. The molecular weight excluding hydrogens is 282 g/mol. The van der Waals surface area contributed by atoms with Gasteiger partial charge >= 0.3 is 17.3 Å².